The third-order valence-electron chi connectivity index (χ3n) is 5.62. The van der Waals surface area contributed by atoms with Crippen LogP contribution >= 0.6 is 11.3 Å². The summed E-state index contributed by atoms with van der Waals surface area (Å²) in [6.07, 6.45) is 1.63. The van der Waals surface area contributed by atoms with E-state index in [0.29, 0.717) is 12.5 Å². The maximum Gasteiger partial charge on any atom is 0.134 e. The molecule has 0 spiro atoms. The standard InChI is InChI=1S/C23H28N2O4S/c1-16-12-19(24-29-16)15-28-20-5-6-21(27-2)18(13-20)14-25-9-7-17(8-10-25)23(26)22-4-3-11-30-22/h3-6,11-13,17,23,26H,7-10,14-15H2,1-2H3. The highest BCUT2D eigenvalue weighted by Crippen LogP contribution is 2.34. The molecule has 3 heterocycles. The van der Waals surface area contributed by atoms with Gasteiger partial charge in [-0.15, -0.1) is 11.3 Å². The molecule has 7 heteroatoms. The lowest BCUT2D eigenvalue weighted by Gasteiger charge is -2.34. The molecule has 0 saturated carbocycles. The monoisotopic (exact) mass is 428 g/mol. The molecule has 1 aliphatic heterocycles. The van der Waals surface area contributed by atoms with Gasteiger partial charge in [-0.3, -0.25) is 4.90 Å². The van der Waals surface area contributed by atoms with Gasteiger partial charge in [0.2, 0.25) is 0 Å². The molecule has 1 saturated heterocycles. The molecule has 2 aromatic heterocycles. The van der Waals surface area contributed by atoms with Crippen molar-refractivity contribution >= 4 is 11.3 Å². The molecular weight excluding hydrogens is 400 g/mol. The number of methoxy groups -OCH3 is 1. The Balaban J connectivity index is 1.35. The van der Waals surface area contributed by atoms with Gasteiger partial charge in [0.1, 0.15) is 29.6 Å². The molecule has 160 valence electrons. The SMILES string of the molecule is COc1ccc(OCc2cc(C)on2)cc1CN1CCC(C(O)c2cccs2)CC1. The van der Waals surface area contributed by atoms with E-state index in [1.165, 1.54) is 0 Å². The van der Waals surface area contributed by atoms with Crippen LogP contribution in [0.25, 0.3) is 0 Å². The number of hydrogen-bond acceptors (Lipinski definition) is 7. The highest BCUT2D eigenvalue weighted by molar-refractivity contribution is 7.10. The zero-order valence-corrected chi connectivity index (χ0v) is 18.2. The summed E-state index contributed by atoms with van der Waals surface area (Å²) in [4.78, 5) is 3.49. The molecule has 0 aliphatic carbocycles. The van der Waals surface area contributed by atoms with Crippen molar-refractivity contribution < 1.29 is 19.1 Å². The van der Waals surface area contributed by atoms with Crippen molar-refractivity contribution in [1.29, 1.82) is 0 Å². The number of piperidine rings is 1. The minimum Gasteiger partial charge on any atom is -0.496 e. The van der Waals surface area contributed by atoms with Crippen LogP contribution in [0.1, 0.15) is 40.8 Å². The van der Waals surface area contributed by atoms with Gasteiger partial charge < -0.3 is 19.1 Å². The number of thiophene rings is 1. The second-order valence-corrected chi connectivity index (χ2v) is 8.74. The first kappa shape index (κ1) is 20.9. The van der Waals surface area contributed by atoms with Crippen LogP contribution in [0.2, 0.25) is 0 Å². The van der Waals surface area contributed by atoms with E-state index in [-0.39, 0.29) is 6.10 Å². The second kappa shape index (κ2) is 9.64. The average molecular weight is 429 g/mol. The number of aliphatic hydroxyl groups is 1. The van der Waals surface area contributed by atoms with Gasteiger partial charge in [0, 0.05) is 23.1 Å². The van der Waals surface area contributed by atoms with Gasteiger partial charge in [0.25, 0.3) is 0 Å². The summed E-state index contributed by atoms with van der Waals surface area (Å²) in [6.45, 7) is 4.95. The fourth-order valence-corrected chi connectivity index (χ4v) is 4.77. The van der Waals surface area contributed by atoms with E-state index in [2.05, 4.69) is 10.1 Å². The number of nitrogens with zero attached hydrogens (tertiary/aromatic N) is 2. The molecule has 1 atom stereocenters. The summed E-state index contributed by atoms with van der Waals surface area (Å²) < 4.78 is 16.6. The van der Waals surface area contributed by atoms with Gasteiger partial charge in [-0.25, -0.2) is 0 Å². The molecule has 3 aromatic rings. The Morgan fingerprint density at radius 2 is 2.10 bits per heavy atom. The number of benzene rings is 1. The zero-order valence-electron chi connectivity index (χ0n) is 17.4. The number of aromatic nitrogens is 1. The first-order valence-corrected chi connectivity index (χ1v) is 11.2. The molecular formula is C23H28N2O4S. The van der Waals surface area contributed by atoms with E-state index in [1.807, 2.05) is 48.7 Å². The Kier molecular flexibility index (Phi) is 6.72. The van der Waals surface area contributed by atoms with Crippen molar-refractivity contribution in [3.05, 3.63) is 63.7 Å². The highest BCUT2D eigenvalue weighted by atomic mass is 32.1. The smallest absolute Gasteiger partial charge is 0.134 e. The predicted octanol–water partition coefficient (Wildman–Crippen LogP) is 4.58. The number of hydrogen-bond donors (Lipinski definition) is 1. The fraction of sp³-hybridized carbons (Fsp3) is 0.435. The first-order chi connectivity index (χ1) is 14.6. The number of aliphatic hydroxyl groups excluding tert-OH is 1. The molecule has 1 unspecified atom stereocenters. The van der Waals surface area contributed by atoms with Gasteiger partial charge in [0.05, 0.1) is 13.2 Å². The lowest BCUT2D eigenvalue weighted by Crippen LogP contribution is -2.35. The Bertz CT molecular complexity index is 933. The summed E-state index contributed by atoms with van der Waals surface area (Å²) in [7, 11) is 1.70. The molecule has 1 aliphatic rings. The largest absolute Gasteiger partial charge is 0.496 e. The van der Waals surface area contributed by atoms with Gasteiger partial charge >= 0.3 is 0 Å². The summed E-state index contributed by atoms with van der Waals surface area (Å²) in [5.41, 5.74) is 1.87. The molecule has 4 rings (SSSR count). The summed E-state index contributed by atoms with van der Waals surface area (Å²) in [6, 6.07) is 11.8. The first-order valence-electron chi connectivity index (χ1n) is 10.3. The molecule has 0 radical (unpaired) electrons. The normalized spacial score (nSPS) is 16.5. The Hall–Kier alpha value is -2.35. The van der Waals surface area contributed by atoms with Crippen molar-refractivity contribution in [2.75, 3.05) is 20.2 Å². The van der Waals surface area contributed by atoms with E-state index < -0.39 is 0 Å². The summed E-state index contributed by atoms with van der Waals surface area (Å²) in [5.74, 6) is 2.74. The fourth-order valence-electron chi connectivity index (χ4n) is 3.97. The van der Waals surface area contributed by atoms with Crippen LogP contribution in [0.15, 0.2) is 46.3 Å². The third-order valence-corrected chi connectivity index (χ3v) is 6.57. The molecule has 0 bridgehead atoms. The van der Waals surface area contributed by atoms with E-state index >= 15 is 0 Å². The Labute approximate surface area is 181 Å². The van der Waals surface area contributed by atoms with Gasteiger partial charge in [-0.2, -0.15) is 0 Å². The van der Waals surface area contributed by atoms with E-state index in [9.17, 15) is 5.11 Å². The Morgan fingerprint density at radius 1 is 1.27 bits per heavy atom. The third kappa shape index (κ3) is 5.03. The van der Waals surface area contributed by atoms with Crippen molar-refractivity contribution in [2.24, 2.45) is 5.92 Å². The minimum atomic E-state index is -0.349. The Morgan fingerprint density at radius 3 is 2.77 bits per heavy atom. The predicted molar refractivity (Wildman–Crippen MR) is 116 cm³/mol. The molecule has 1 N–H and O–H groups in total. The van der Waals surface area contributed by atoms with Gasteiger partial charge in [-0.1, -0.05) is 11.2 Å². The number of ether oxygens (including phenoxy) is 2. The van der Waals surface area contributed by atoms with Gasteiger partial charge in [0.15, 0.2) is 0 Å². The van der Waals surface area contributed by atoms with E-state index in [1.54, 1.807) is 18.4 Å². The molecule has 1 aromatic carbocycles. The topological polar surface area (TPSA) is 68.0 Å². The van der Waals surface area contributed by atoms with Crippen molar-refractivity contribution in [3.63, 3.8) is 0 Å². The van der Waals surface area contributed by atoms with Crippen LogP contribution in [-0.4, -0.2) is 35.4 Å². The van der Waals surface area contributed by atoms with Crippen LogP contribution in [0.5, 0.6) is 11.5 Å². The molecule has 1 fully saturated rings. The van der Waals surface area contributed by atoms with Crippen LogP contribution < -0.4 is 9.47 Å². The maximum atomic E-state index is 10.6. The minimum absolute atomic E-state index is 0.322. The quantitative estimate of drug-likeness (QED) is 0.567. The van der Waals surface area contributed by atoms with E-state index in [0.717, 1.165) is 65.9 Å². The summed E-state index contributed by atoms with van der Waals surface area (Å²) in [5, 5.41) is 16.6. The number of aryl methyl sites for hydroxylation is 1. The van der Waals surface area contributed by atoms with Crippen LogP contribution in [-0.2, 0) is 13.2 Å². The second-order valence-electron chi connectivity index (χ2n) is 7.77. The zero-order chi connectivity index (χ0) is 20.9. The average Bonchev–Trinajstić information content (AvgIpc) is 3.44. The summed E-state index contributed by atoms with van der Waals surface area (Å²) >= 11 is 1.63. The van der Waals surface area contributed by atoms with Crippen LogP contribution in [0.3, 0.4) is 0 Å². The highest BCUT2D eigenvalue weighted by Gasteiger charge is 2.27. The number of likely N-dealkylation sites (tertiary alicyclic amines) is 1. The van der Waals surface area contributed by atoms with Crippen LogP contribution in [0.4, 0.5) is 0 Å². The van der Waals surface area contributed by atoms with Crippen molar-refractivity contribution in [3.8, 4) is 11.5 Å². The number of rotatable bonds is 8. The van der Waals surface area contributed by atoms with Crippen molar-refractivity contribution in [1.82, 2.24) is 10.1 Å². The van der Waals surface area contributed by atoms with Crippen LogP contribution in [0, 0.1) is 12.8 Å². The lowest BCUT2D eigenvalue weighted by molar-refractivity contribution is 0.0588. The maximum absolute atomic E-state index is 10.6. The van der Waals surface area contributed by atoms with Crippen molar-refractivity contribution in [2.45, 2.75) is 39.0 Å². The molecule has 0 amide bonds. The molecule has 6 nitrogen and oxygen atoms in total. The molecule has 30 heavy (non-hydrogen) atoms. The van der Waals surface area contributed by atoms with Gasteiger partial charge in [-0.05, 0) is 68.4 Å². The van der Waals surface area contributed by atoms with E-state index in [4.69, 9.17) is 14.0 Å². The lowest BCUT2D eigenvalue weighted by atomic mass is 9.90.